The molecule has 2 N–H and O–H groups in total. The molecule has 0 atom stereocenters. The normalized spacial score (nSPS) is 16.1. The van der Waals surface area contributed by atoms with Gasteiger partial charge in [0.2, 0.25) is 0 Å². The van der Waals surface area contributed by atoms with Gasteiger partial charge in [0, 0.05) is 23.7 Å². The van der Waals surface area contributed by atoms with Gasteiger partial charge >= 0.3 is 0 Å². The van der Waals surface area contributed by atoms with Crippen LogP contribution in [0.4, 0.5) is 0 Å². The van der Waals surface area contributed by atoms with Crippen molar-refractivity contribution in [2.75, 3.05) is 20.2 Å². The van der Waals surface area contributed by atoms with Crippen LogP contribution in [-0.2, 0) is 6.54 Å². The van der Waals surface area contributed by atoms with Gasteiger partial charge in [-0.1, -0.05) is 30.5 Å². The largest absolute Gasteiger partial charge is 0.496 e. The molecule has 2 rings (SSSR count). The van der Waals surface area contributed by atoms with Crippen molar-refractivity contribution in [2.45, 2.75) is 32.2 Å². The molecule has 0 saturated carbocycles. The van der Waals surface area contributed by atoms with Crippen molar-refractivity contribution in [3.8, 4) is 5.75 Å². The maximum atomic E-state index is 6.10. The van der Waals surface area contributed by atoms with Crippen molar-refractivity contribution in [1.29, 1.82) is 0 Å². The number of hydrogen-bond acceptors (Lipinski definition) is 2. The molecule has 0 aliphatic carbocycles. The number of methoxy groups -OCH3 is 1. The summed E-state index contributed by atoms with van der Waals surface area (Å²) in [5, 5.41) is 0.662. The molecule has 118 valence electrons. The standard InChI is InChI=1S/C15H22ClN3O.HI/c1-20-14-10-13(16)7-6-12(14)11-18-15(17)19-8-4-2-3-5-9-19;/h6-7,10H,2-5,8-9,11H2,1H3,(H2,17,18);1H. The summed E-state index contributed by atoms with van der Waals surface area (Å²) in [7, 11) is 1.64. The van der Waals surface area contributed by atoms with Gasteiger partial charge in [-0.15, -0.1) is 24.0 Å². The molecule has 0 spiro atoms. The predicted octanol–water partition coefficient (Wildman–Crippen LogP) is 3.66. The van der Waals surface area contributed by atoms with Crippen LogP contribution < -0.4 is 10.5 Å². The number of nitrogens with two attached hydrogens (primary N) is 1. The molecule has 1 heterocycles. The molecule has 0 amide bonds. The Morgan fingerprint density at radius 3 is 2.57 bits per heavy atom. The third-order valence-corrected chi connectivity index (χ3v) is 3.83. The second kappa shape index (κ2) is 9.35. The molecule has 1 aromatic rings. The van der Waals surface area contributed by atoms with Gasteiger partial charge < -0.3 is 15.4 Å². The number of aliphatic imine (C=N–C) groups is 1. The third-order valence-electron chi connectivity index (χ3n) is 3.59. The molecular formula is C15H23ClIN3O. The zero-order valence-corrected chi connectivity index (χ0v) is 15.4. The zero-order chi connectivity index (χ0) is 14.4. The van der Waals surface area contributed by atoms with Crippen LogP contribution in [0.15, 0.2) is 23.2 Å². The average Bonchev–Trinajstić information content (AvgIpc) is 2.74. The van der Waals surface area contributed by atoms with E-state index in [-0.39, 0.29) is 24.0 Å². The maximum Gasteiger partial charge on any atom is 0.191 e. The first-order chi connectivity index (χ1) is 9.70. The van der Waals surface area contributed by atoms with E-state index in [1.807, 2.05) is 12.1 Å². The number of halogens is 2. The highest BCUT2D eigenvalue weighted by Gasteiger charge is 2.11. The first-order valence-electron chi connectivity index (χ1n) is 7.08. The lowest BCUT2D eigenvalue weighted by Crippen LogP contribution is -2.38. The van der Waals surface area contributed by atoms with E-state index in [0.717, 1.165) is 24.4 Å². The number of hydrogen-bond donors (Lipinski definition) is 1. The molecule has 1 saturated heterocycles. The van der Waals surface area contributed by atoms with E-state index in [0.29, 0.717) is 17.5 Å². The topological polar surface area (TPSA) is 50.9 Å². The van der Waals surface area contributed by atoms with E-state index in [1.165, 1.54) is 25.7 Å². The highest BCUT2D eigenvalue weighted by atomic mass is 127. The van der Waals surface area contributed by atoms with Crippen LogP contribution in [0.25, 0.3) is 0 Å². The van der Waals surface area contributed by atoms with E-state index in [9.17, 15) is 0 Å². The summed E-state index contributed by atoms with van der Waals surface area (Å²) in [5.74, 6) is 1.38. The van der Waals surface area contributed by atoms with E-state index < -0.39 is 0 Å². The molecule has 0 aromatic heterocycles. The number of guanidine groups is 1. The summed E-state index contributed by atoms with van der Waals surface area (Å²) in [6.07, 6.45) is 4.96. The van der Waals surface area contributed by atoms with Gasteiger partial charge in [0.15, 0.2) is 5.96 Å². The number of ether oxygens (including phenoxy) is 1. The van der Waals surface area contributed by atoms with Crippen molar-refractivity contribution in [3.05, 3.63) is 28.8 Å². The van der Waals surface area contributed by atoms with Crippen molar-refractivity contribution < 1.29 is 4.74 Å². The average molecular weight is 424 g/mol. The van der Waals surface area contributed by atoms with Gasteiger partial charge in [0.1, 0.15) is 5.75 Å². The summed E-state index contributed by atoms with van der Waals surface area (Å²) < 4.78 is 5.32. The van der Waals surface area contributed by atoms with Crippen molar-refractivity contribution >= 4 is 41.5 Å². The van der Waals surface area contributed by atoms with Crippen LogP contribution in [0.5, 0.6) is 5.75 Å². The Kier molecular flexibility index (Phi) is 8.18. The number of rotatable bonds is 3. The third kappa shape index (κ3) is 5.54. The fraction of sp³-hybridized carbons (Fsp3) is 0.533. The summed E-state index contributed by atoms with van der Waals surface area (Å²) in [6, 6.07) is 5.58. The highest BCUT2D eigenvalue weighted by Crippen LogP contribution is 2.23. The number of nitrogens with zero attached hydrogens (tertiary/aromatic N) is 2. The van der Waals surface area contributed by atoms with Crippen LogP contribution in [0.1, 0.15) is 31.2 Å². The first-order valence-corrected chi connectivity index (χ1v) is 7.46. The van der Waals surface area contributed by atoms with Crippen LogP contribution >= 0.6 is 35.6 Å². The number of benzene rings is 1. The van der Waals surface area contributed by atoms with E-state index in [2.05, 4.69) is 9.89 Å². The molecule has 1 aliphatic heterocycles. The van der Waals surface area contributed by atoms with Gasteiger partial charge in [-0.2, -0.15) is 0 Å². The van der Waals surface area contributed by atoms with Gasteiger partial charge in [0.25, 0.3) is 0 Å². The molecule has 0 bridgehead atoms. The fourth-order valence-corrected chi connectivity index (χ4v) is 2.58. The van der Waals surface area contributed by atoms with Crippen molar-refractivity contribution in [1.82, 2.24) is 4.90 Å². The summed E-state index contributed by atoms with van der Waals surface area (Å²) in [5.41, 5.74) is 7.09. The van der Waals surface area contributed by atoms with Crippen LogP contribution in [-0.4, -0.2) is 31.1 Å². The lowest BCUT2D eigenvalue weighted by Gasteiger charge is -2.21. The van der Waals surface area contributed by atoms with Crippen LogP contribution in [0.2, 0.25) is 5.02 Å². The molecule has 21 heavy (non-hydrogen) atoms. The quantitative estimate of drug-likeness (QED) is 0.459. The maximum absolute atomic E-state index is 6.10. The van der Waals surface area contributed by atoms with Gasteiger partial charge in [-0.25, -0.2) is 4.99 Å². The molecular weight excluding hydrogens is 401 g/mol. The Bertz CT molecular complexity index is 474. The molecule has 1 fully saturated rings. The zero-order valence-electron chi connectivity index (χ0n) is 12.3. The second-order valence-electron chi connectivity index (χ2n) is 5.03. The minimum absolute atomic E-state index is 0. The molecule has 0 unspecified atom stereocenters. The molecule has 0 radical (unpaired) electrons. The lowest BCUT2D eigenvalue weighted by atomic mass is 10.2. The fourth-order valence-electron chi connectivity index (χ4n) is 2.41. The molecule has 1 aliphatic rings. The Labute approximate surface area is 148 Å². The molecule has 4 nitrogen and oxygen atoms in total. The van der Waals surface area contributed by atoms with E-state index in [4.69, 9.17) is 22.1 Å². The Balaban J connectivity index is 0.00000220. The van der Waals surface area contributed by atoms with Gasteiger partial charge in [-0.3, -0.25) is 0 Å². The summed E-state index contributed by atoms with van der Waals surface area (Å²) in [4.78, 5) is 6.67. The molecule has 1 aromatic carbocycles. The lowest BCUT2D eigenvalue weighted by molar-refractivity contribution is 0.409. The second-order valence-corrected chi connectivity index (χ2v) is 5.47. The van der Waals surface area contributed by atoms with Crippen LogP contribution in [0, 0.1) is 0 Å². The molecule has 6 heteroatoms. The van der Waals surface area contributed by atoms with E-state index in [1.54, 1.807) is 13.2 Å². The highest BCUT2D eigenvalue weighted by molar-refractivity contribution is 14.0. The first kappa shape index (κ1) is 18.4. The Morgan fingerprint density at radius 2 is 1.95 bits per heavy atom. The van der Waals surface area contributed by atoms with Crippen molar-refractivity contribution in [3.63, 3.8) is 0 Å². The smallest absolute Gasteiger partial charge is 0.191 e. The van der Waals surface area contributed by atoms with Gasteiger partial charge in [-0.05, 0) is 25.0 Å². The van der Waals surface area contributed by atoms with E-state index >= 15 is 0 Å². The SMILES string of the molecule is COc1cc(Cl)ccc1CN=C(N)N1CCCCCC1.I. The monoisotopic (exact) mass is 423 g/mol. The summed E-state index contributed by atoms with van der Waals surface area (Å²) in [6.45, 7) is 2.53. The Morgan fingerprint density at radius 1 is 1.29 bits per heavy atom. The minimum Gasteiger partial charge on any atom is -0.496 e. The Hall–Kier alpha value is -0.690. The minimum atomic E-state index is 0. The van der Waals surface area contributed by atoms with Crippen LogP contribution in [0.3, 0.4) is 0 Å². The van der Waals surface area contributed by atoms with Gasteiger partial charge in [0.05, 0.1) is 13.7 Å². The number of likely N-dealkylation sites (tertiary alicyclic amines) is 1. The predicted molar refractivity (Wildman–Crippen MR) is 98.8 cm³/mol. The van der Waals surface area contributed by atoms with Crippen molar-refractivity contribution in [2.24, 2.45) is 10.7 Å². The summed E-state index contributed by atoms with van der Waals surface area (Å²) >= 11 is 5.95.